The number of carbonyl (C=O) groups excluding carboxylic acids is 2. The van der Waals surface area contributed by atoms with Crippen molar-refractivity contribution in [1.82, 2.24) is 19.7 Å². The molecule has 1 atom stereocenters. The van der Waals surface area contributed by atoms with Gasteiger partial charge in [0.15, 0.2) is 5.58 Å². The van der Waals surface area contributed by atoms with Crippen molar-refractivity contribution >= 4 is 22.9 Å². The van der Waals surface area contributed by atoms with Crippen LogP contribution in [-0.2, 0) is 11.3 Å². The van der Waals surface area contributed by atoms with Crippen molar-refractivity contribution < 1.29 is 14.0 Å². The molecule has 4 heterocycles. The highest BCUT2D eigenvalue weighted by atomic mass is 16.3. The van der Waals surface area contributed by atoms with Gasteiger partial charge in [0.1, 0.15) is 17.0 Å². The number of amides is 2. The lowest BCUT2D eigenvalue weighted by Crippen LogP contribution is -2.65. The fourth-order valence-electron chi connectivity index (χ4n) is 6.39. The van der Waals surface area contributed by atoms with Crippen LogP contribution in [0.1, 0.15) is 93.8 Å². The fraction of sp³-hybridized carbons (Fsp3) is 0.714. The Morgan fingerprint density at radius 3 is 2.46 bits per heavy atom. The summed E-state index contributed by atoms with van der Waals surface area (Å²) in [6.07, 6.45) is 12.9. The Bertz CT molecular complexity index is 1040. The van der Waals surface area contributed by atoms with Crippen LogP contribution in [0.15, 0.2) is 16.5 Å². The number of carbonyl (C=O) groups is 2. The predicted molar refractivity (Wildman–Crippen MR) is 138 cm³/mol. The molecule has 1 N–H and O–H groups in total. The Hall–Kier alpha value is -2.28. The minimum atomic E-state index is -0.925. The molecule has 0 spiro atoms. The second-order valence-electron chi connectivity index (χ2n) is 11.2. The van der Waals surface area contributed by atoms with Crippen LogP contribution in [-0.4, -0.2) is 63.9 Å². The van der Waals surface area contributed by atoms with E-state index in [-0.39, 0.29) is 17.9 Å². The van der Waals surface area contributed by atoms with Gasteiger partial charge in [0, 0.05) is 24.7 Å². The maximum absolute atomic E-state index is 13.9. The molecule has 3 aliphatic rings. The van der Waals surface area contributed by atoms with E-state index in [2.05, 4.69) is 10.2 Å². The van der Waals surface area contributed by atoms with E-state index in [4.69, 9.17) is 4.42 Å². The molecule has 2 aromatic heterocycles. The van der Waals surface area contributed by atoms with Gasteiger partial charge >= 0.3 is 0 Å². The number of furan rings is 1. The molecule has 7 nitrogen and oxygen atoms in total. The van der Waals surface area contributed by atoms with Crippen molar-refractivity contribution in [3.63, 3.8) is 0 Å². The molecule has 1 saturated carbocycles. The zero-order valence-electron chi connectivity index (χ0n) is 21.6. The molecule has 2 amide bonds. The van der Waals surface area contributed by atoms with E-state index in [1.165, 1.54) is 38.5 Å². The number of aromatic nitrogens is 1. The van der Waals surface area contributed by atoms with Crippen molar-refractivity contribution in [2.45, 2.75) is 103 Å². The average Bonchev–Trinajstić information content (AvgIpc) is 3.35. The molecule has 1 saturated heterocycles. The maximum Gasteiger partial charge on any atom is 0.271 e. The number of fused-ring (bicyclic) bond motifs is 3. The van der Waals surface area contributed by atoms with Gasteiger partial charge in [-0.3, -0.25) is 9.59 Å². The number of hydrogen-bond donors (Lipinski definition) is 1. The smallest absolute Gasteiger partial charge is 0.271 e. The summed E-state index contributed by atoms with van der Waals surface area (Å²) in [7, 11) is 0. The van der Waals surface area contributed by atoms with E-state index >= 15 is 0 Å². The van der Waals surface area contributed by atoms with Crippen LogP contribution in [0.25, 0.3) is 11.1 Å². The lowest BCUT2D eigenvalue weighted by Gasteiger charge is -2.45. The SMILES string of the molecule is Cc1cc2c(cc3n2C[C@](C)(C(=O)NC2CCCCCCC2)N(CCCN2CCCCC2)C3=O)o1. The summed E-state index contributed by atoms with van der Waals surface area (Å²) in [4.78, 5) is 32.1. The highest BCUT2D eigenvalue weighted by molar-refractivity contribution is 6.03. The minimum Gasteiger partial charge on any atom is -0.460 e. The van der Waals surface area contributed by atoms with Gasteiger partial charge in [-0.15, -0.1) is 0 Å². The molecule has 35 heavy (non-hydrogen) atoms. The monoisotopic (exact) mass is 482 g/mol. The zero-order valence-corrected chi connectivity index (χ0v) is 21.6. The molecule has 2 fully saturated rings. The normalized spacial score (nSPS) is 24.9. The Labute approximate surface area is 209 Å². The van der Waals surface area contributed by atoms with Crippen LogP contribution in [0.2, 0.25) is 0 Å². The third kappa shape index (κ3) is 5.02. The second-order valence-corrected chi connectivity index (χ2v) is 11.2. The van der Waals surface area contributed by atoms with E-state index in [1.807, 2.05) is 35.4 Å². The topological polar surface area (TPSA) is 70.7 Å². The Kier molecular flexibility index (Phi) is 7.24. The molecule has 192 valence electrons. The number of aryl methyl sites for hydroxylation is 1. The van der Waals surface area contributed by atoms with E-state index in [0.29, 0.717) is 18.8 Å². The van der Waals surface area contributed by atoms with E-state index in [9.17, 15) is 9.59 Å². The van der Waals surface area contributed by atoms with Crippen molar-refractivity contribution in [1.29, 1.82) is 0 Å². The number of nitrogens with one attached hydrogen (secondary N) is 1. The molecular formula is C28H42N4O3. The Morgan fingerprint density at radius 2 is 1.71 bits per heavy atom. The first-order chi connectivity index (χ1) is 17.0. The molecule has 0 bridgehead atoms. The van der Waals surface area contributed by atoms with E-state index < -0.39 is 5.54 Å². The van der Waals surface area contributed by atoms with Crippen LogP contribution in [0.4, 0.5) is 0 Å². The predicted octanol–water partition coefficient (Wildman–Crippen LogP) is 4.86. The van der Waals surface area contributed by atoms with Crippen LogP contribution < -0.4 is 5.32 Å². The quantitative estimate of drug-likeness (QED) is 0.638. The molecular weight excluding hydrogens is 440 g/mol. The Morgan fingerprint density at radius 1 is 1.03 bits per heavy atom. The van der Waals surface area contributed by atoms with Gasteiger partial charge in [-0.1, -0.05) is 38.5 Å². The number of likely N-dealkylation sites (tertiary alicyclic amines) is 1. The van der Waals surface area contributed by atoms with Gasteiger partial charge in [0.2, 0.25) is 5.91 Å². The summed E-state index contributed by atoms with van der Waals surface area (Å²) in [6, 6.07) is 4.03. The molecule has 2 aromatic rings. The lowest BCUT2D eigenvalue weighted by molar-refractivity contribution is -0.133. The third-order valence-corrected chi connectivity index (χ3v) is 8.47. The van der Waals surface area contributed by atoms with Crippen molar-refractivity contribution in [3.8, 4) is 0 Å². The maximum atomic E-state index is 13.9. The van der Waals surface area contributed by atoms with Crippen LogP contribution in [0, 0.1) is 6.92 Å². The summed E-state index contributed by atoms with van der Waals surface area (Å²) in [5.74, 6) is 0.749. The standard InChI is InChI=1S/C28H42N4O3/c1-21-18-23-25(35-21)19-24-26(33)32(17-11-16-30-14-9-6-10-15-30)28(2,20-31(23)24)27(34)29-22-12-7-4-3-5-8-13-22/h18-19,22H,3-17,20H2,1-2H3,(H,29,34)/t28-/m1/s1. The van der Waals surface area contributed by atoms with Gasteiger partial charge in [-0.2, -0.15) is 0 Å². The fourth-order valence-corrected chi connectivity index (χ4v) is 6.39. The highest BCUT2D eigenvalue weighted by Gasteiger charge is 2.48. The first kappa shape index (κ1) is 24.4. The molecule has 0 unspecified atom stereocenters. The van der Waals surface area contributed by atoms with Crippen molar-refractivity contribution in [2.24, 2.45) is 0 Å². The number of rotatable bonds is 6. The number of nitrogens with zero attached hydrogens (tertiary/aromatic N) is 3. The molecule has 0 radical (unpaired) electrons. The van der Waals surface area contributed by atoms with E-state index in [1.54, 1.807) is 0 Å². The molecule has 7 heteroatoms. The first-order valence-corrected chi connectivity index (χ1v) is 13.9. The summed E-state index contributed by atoms with van der Waals surface area (Å²) < 4.78 is 7.85. The van der Waals surface area contributed by atoms with Gasteiger partial charge in [-0.05, 0) is 65.6 Å². The van der Waals surface area contributed by atoms with Gasteiger partial charge in [0.05, 0.1) is 12.1 Å². The minimum absolute atomic E-state index is 0.0119. The van der Waals surface area contributed by atoms with E-state index in [0.717, 1.165) is 68.6 Å². The van der Waals surface area contributed by atoms with Crippen LogP contribution in [0.5, 0.6) is 0 Å². The molecule has 5 rings (SSSR count). The largest absolute Gasteiger partial charge is 0.460 e. The van der Waals surface area contributed by atoms with Crippen molar-refractivity contribution in [3.05, 3.63) is 23.6 Å². The number of hydrogen-bond acceptors (Lipinski definition) is 4. The zero-order chi connectivity index (χ0) is 24.4. The first-order valence-electron chi connectivity index (χ1n) is 13.9. The summed E-state index contributed by atoms with van der Waals surface area (Å²) >= 11 is 0. The van der Waals surface area contributed by atoms with Gasteiger partial charge in [-0.25, -0.2) is 0 Å². The van der Waals surface area contributed by atoms with Crippen LogP contribution in [0.3, 0.4) is 0 Å². The number of piperidine rings is 1. The Balaban J connectivity index is 1.38. The van der Waals surface area contributed by atoms with Gasteiger partial charge < -0.3 is 24.1 Å². The second kappa shape index (κ2) is 10.4. The van der Waals surface area contributed by atoms with Gasteiger partial charge in [0.25, 0.3) is 5.91 Å². The summed E-state index contributed by atoms with van der Waals surface area (Å²) in [5.41, 5.74) is 1.34. The lowest BCUT2D eigenvalue weighted by atomic mass is 9.92. The van der Waals surface area contributed by atoms with Crippen LogP contribution >= 0.6 is 0 Å². The molecule has 1 aliphatic carbocycles. The average molecular weight is 483 g/mol. The third-order valence-electron chi connectivity index (χ3n) is 8.47. The molecule has 2 aliphatic heterocycles. The van der Waals surface area contributed by atoms with Crippen molar-refractivity contribution in [2.75, 3.05) is 26.2 Å². The summed E-state index contributed by atoms with van der Waals surface area (Å²) in [5, 5.41) is 3.38. The highest BCUT2D eigenvalue weighted by Crippen LogP contribution is 2.34. The summed E-state index contributed by atoms with van der Waals surface area (Å²) in [6.45, 7) is 8.20. The molecule has 0 aromatic carbocycles.